The van der Waals surface area contributed by atoms with Gasteiger partial charge in [0.15, 0.2) is 0 Å². The average Bonchev–Trinajstić information content (AvgIpc) is 2.47. The molecule has 7 nitrogen and oxygen atoms in total. The maximum atomic E-state index is 12.6. The van der Waals surface area contributed by atoms with Gasteiger partial charge in [0.1, 0.15) is 0 Å². The van der Waals surface area contributed by atoms with E-state index in [-0.39, 0.29) is 16.4 Å². The summed E-state index contributed by atoms with van der Waals surface area (Å²) >= 11 is 3.28. The number of ether oxygens (including phenoxy) is 1. The number of benzene rings is 1. The predicted molar refractivity (Wildman–Crippen MR) is 84.9 cm³/mol. The molecule has 1 fully saturated rings. The van der Waals surface area contributed by atoms with Gasteiger partial charge in [-0.3, -0.25) is 10.2 Å². The molecule has 2 rings (SSSR count). The van der Waals surface area contributed by atoms with Crippen molar-refractivity contribution in [3.63, 3.8) is 0 Å². The lowest BCUT2D eigenvalue weighted by Gasteiger charge is -2.26. The van der Waals surface area contributed by atoms with E-state index in [0.717, 1.165) is 0 Å². The van der Waals surface area contributed by atoms with Crippen LogP contribution in [0.5, 0.6) is 0 Å². The van der Waals surface area contributed by atoms with Gasteiger partial charge in [-0.15, -0.1) is 0 Å². The van der Waals surface area contributed by atoms with Crippen LogP contribution in [-0.2, 0) is 14.8 Å². The van der Waals surface area contributed by atoms with E-state index >= 15 is 0 Å². The minimum absolute atomic E-state index is 0.0986. The summed E-state index contributed by atoms with van der Waals surface area (Å²) in [6.45, 7) is 1.39. The largest absolute Gasteiger partial charge is 0.379 e. The zero-order chi connectivity index (χ0) is 16.3. The minimum atomic E-state index is -3.62. The van der Waals surface area contributed by atoms with Gasteiger partial charge in [0.25, 0.3) is 5.91 Å². The molecule has 9 heteroatoms. The number of nitrogens with zero attached hydrogens (tertiary/aromatic N) is 2. The van der Waals surface area contributed by atoms with Crippen LogP contribution >= 0.6 is 15.9 Å². The molecule has 122 valence electrons. The molecule has 1 aromatic rings. The number of amides is 1. The van der Waals surface area contributed by atoms with Crippen LogP contribution in [0, 0.1) is 0 Å². The molecular weight excluding hydrogens is 374 g/mol. The number of morpholine rings is 1. The number of hydrogen-bond acceptors (Lipinski definition) is 5. The van der Waals surface area contributed by atoms with Gasteiger partial charge < -0.3 is 4.74 Å². The Morgan fingerprint density at radius 3 is 2.55 bits per heavy atom. The highest BCUT2D eigenvalue weighted by atomic mass is 79.9. The number of nitrogens with one attached hydrogen (secondary N) is 1. The third-order valence-corrected chi connectivity index (χ3v) is 5.70. The zero-order valence-corrected chi connectivity index (χ0v) is 14.8. The van der Waals surface area contributed by atoms with Gasteiger partial charge in [0.2, 0.25) is 10.0 Å². The average molecular weight is 392 g/mol. The van der Waals surface area contributed by atoms with Crippen molar-refractivity contribution in [2.24, 2.45) is 0 Å². The second-order valence-electron chi connectivity index (χ2n) is 4.99. The number of hydrogen-bond donors (Lipinski definition) is 1. The maximum absolute atomic E-state index is 12.6. The lowest BCUT2D eigenvalue weighted by Crippen LogP contribution is -2.40. The van der Waals surface area contributed by atoms with Crippen LogP contribution in [0.2, 0.25) is 0 Å². The fourth-order valence-electron chi connectivity index (χ4n) is 2.04. The Morgan fingerprint density at radius 1 is 1.32 bits per heavy atom. The maximum Gasteiger partial charge on any atom is 0.266 e. The third kappa shape index (κ3) is 3.85. The van der Waals surface area contributed by atoms with Gasteiger partial charge in [0.05, 0.1) is 23.7 Å². The fourth-order valence-corrected chi connectivity index (χ4v) is 3.90. The van der Waals surface area contributed by atoms with E-state index < -0.39 is 10.0 Å². The van der Waals surface area contributed by atoms with Crippen molar-refractivity contribution in [1.82, 2.24) is 14.7 Å². The van der Waals surface area contributed by atoms with Crippen LogP contribution in [0.15, 0.2) is 27.6 Å². The molecule has 0 atom stereocenters. The molecule has 0 spiro atoms. The predicted octanol–water partition coefficient (Wildman–Crippen LogP) is 0.676. The van der Waals surface area contributed by atoms with Gasteiger partial charge in [-0.25, -0.2) is 13.4 Å². The quantitative estimate of drug-likeness (QED) is 0.763. The lowest BCUT2D eigenvalue weighted by molar-refractivity contribution is 0.0730. The van der Waals surface area contributed by atoms with Crippen LogP contribution < -0.4 is 5.43 Å². The molecule has 0 aliphatic carbocycles. The van der Waals surface area contributed by atoms with Crippen molar-refractivity contribution in [2.75, 3.05) is 40.4 Å². The molecule has 1 aliphatic heterocycles. The molecule has 0 bridgehead atoms. The van der Waals surface area contributed by atoms with E-state index in [2.05, 4.69) is 21.4 Å². The van der Waals surface area contributed by atoms with Crippen LogP contribution in [0.4, 0.5) is 0 Å². The summed E-state index contributed by atoms with van der Waals surface area (Å²) < 4.78 is 32.3. The SMILES string of the molecule is CN(C)NC(=O)c1cc(S(=O)(=O)N2CCOCC2)ccc1Br. The minimum Gasteiger partial charge on any atom is -0.379 e. The summed E-state index contributed by atoms with van der Waals surface area (Å²) in [6.07, 6.45) is 0. The Labute approximate surface area is 138 Å². The van der Waals surface area contributed by atoms with Crippen LogP contribution in [0.3, 0.4) is 0 Å². The monoisotopic (exact) mass is 391 g/mol. The molecule has 0 unspecified atom stereocenters. The number of rotatable bonds is 4. The smallest absolute Gasteiger partial charge is 0.266 e. The Hall–Kier alpha value is -1.00. The normalized spacial score (nSPS) is 16.7. The third-order valence-electron chi connectivity index (χ3n) is 3.12. The van der Waals surface area contributed by atoms with Gasteiger partial charge in [-0.05, 0) is 34.1 Å². The van der Waals surface area contributed by atoms with Crippen molar-refractivity contribution in [3.8, 4) is 0 Å². The van der Waals surface area contributed by atoms with E-state index in [9.17, 15) is 13.2 Å². The summed E-state index contributed by atoms with van der Waals surface area (Å²) in [5, 5.41) is 1.50. The first-order chi connectivity index (χ1) is 10.3. The van der Waals surface area contributed by atoms with Crippen LogP contribution in [-0.4, -0.2) is 64.0 Å². The molecule has 0 radical (unpaired) electrons. The molecule has 0 aromatic heterocycles. The van der Waals surface area contributed by atoms with Gasteiger partial charge in [0, 0.05) is 31.7 Å². The topological polar surface area (TPSA) is 79.0 Å². The van der Waals surface area contributed by atoms with E-state index in [1.165, 1.54) is 21.4 Å². The van der Waals surface area contributed by atoms with Crippen molar-refractivity contribution < 1.29 is 17.9 Å². The van der Waals surface area contributed by atoms with Gasteiger partial charge >= 0.3 is 0 Å². The van der Waals surface area contributed by atoms with Crippen LogP contribution in [0.25, 0.3) is 0 Å². The molecule has 1 saturated heterocycles. The van der Waals surface area contributed by atoms with E-state index in [1.54, 1.807) is 20.2 Å². The summed E-state index contributed by atoms with van der Waals surface area (Å²) in [7, 11) is -0.263. The summed E-state index contributed by atoms with van der Waals surface area (Å²) in [5.41, 5.74) is 2.86. The molecule has 1 N–H and O–H groups in total. The molecule has 1 amide bonds. The molecule has 22 heavy (non-hydrogen) atoms. The van der Waals surface area contributed by atoms with Crippen molar-refractivity contribution in [3.05, 3.63) is 28.2 Å². The number of hydrazine groups is 1. The van der Waals surface area contributed by atoms with Crippen molar-refractivity contribution >= 4 is 31.9 Å². The summed E-state index contributed by atoms with van der Waals surface area (Å²) in [6, 6.07) is 4.44. The highest BCUT2D eigenvalue weighted by Crippen LogP contribution is 2.24. The lowest BCUT2D eigenvalue weighted by atomic mass is 10.2. The first-order valence-corrected chi connectivity index (χ1v) is 8.91. The van der Waals surface area contributed by atoms with E-state index in [1.807, 2.05) is 0 Å². The fraction of sp³-hybridized carbons (Fsp3) is 0.462. The molecule has 1 aliphatic rings. The molecule has 0 saturated carbocycles. The van der Waals surface area contributed by atoms with E-state index in [0.29, 0.717) is 30.8 Å². The number of carbonyl (C=O) groups excluding carboxylic acids is 1. The van der Waals surface area contributed by atoms with Crippen molar-refractivity contribution in [2.45, 2.75) is 4.90 Å². The zero-order valence-electron chi connectivity index (χ0n) is 12.4. The summed E-state index contributed by atoms with van der Waals surface area (Å²) in [5.74, 6) is -0.379. The molecule has 1 heterocycles. The standard InChI is InChI=1S/C13H18BrN3O4S/c1-16(2)15-13(18)11-9-10(3-4-12(11)14)22(19,20)17-5-7-21-8-6-17/h3-4,9H,5-8H2,1-2H3,(H,15,18). The first kappa shape index (κ1) is 17.4. The molecular formula is C13H18BrN3O4S. The Bertz CT molecular complexity index is 657. The van der Waals surface area contributed by atoms with Gasteiger partial charge in [-0.1, -0.05) is 0 Å². The highest BCUT2D eigenvalue weighted by Gasteiger charge is 2.27. The number of halogens is 1. The van der Waals surface area contributed by atoms with Gasteiger partial charge in [-0.2, -0.15) is 4.31 Å². The summed E-state index contributed by atoms with van der Waals surface area (Å²) in [4.78, 5) is 12.2. The van der Waals surface area contributed by atoms with E-state index in [4.69, 9.17) is 4.74 Å². The Kier molecular flexibility index (Phi) is 5.56. The molecule has 1 aromatic carbocycles. The highest BCUT2D eigenvalue weighted by molar-refractivity contribution is 9.10. The van der Waals surface area contributed by atoms with Crippen molar-refractivity contribution in [1.29, 1.82) is 0 Å². The Morgan fingerprint density at radius 2 is 1.95 bits per heavy atom. The number of carbonyl (C=O) groups is 1. The second-order valence-corrected chi connectivity index (χ2v) is 7.79. The Balaban J connectivity index is 2.34. The first-order valence-electron chi connectivity index (χ1n) is 6.68. The number of sulfonamides is 1. The second kappa shape index (κ2) is 7.05. The van der Waals surface area contributed by atoms with Crippen LogP contribution in [0.1, 0.15) is 10.4 Å².